The van der Waals surface area contributed by atoms with Crippen molar-refractivity contribution in [3.63, 3.8) is 0 Å². The maximum Gasteiger partial charge on any atom is 0.295 e. The SMILES string of the molecule is Cc1ccc(C(=O)Nc2cccc3c(O)ccc(S(=O)(=O)O)c23)c(N)c1. The molecule has 0 aliphatic heterocycles. The fourth-order valence-corrected chi connectivity index (χ4v) is 3.47. The van der Waals surface area contributed by atoms with E-state index in [1.807, 2.05) is 6.92 Å². The Labute approximate surface area is 149 Å². The monoisotopic (exact) mass is 372 g/mol. The molecule has 0 bridgehead atoms. The second-order valence-corrected chi connectivity index (χ2v) is 7.22. The number of carbonyl (C=O) groups excluding carboxylic acids is 1. The summed E-state index contributed by atoms with van der Waals surface area (Å²) < 4.78 is 32.9. The van der Waals surface area contributed by atoms with Gasteiger partial charge in [0.2, 0.25) is 0 Å². The van der Waals surface area contributed by atoms with Crippen LogP contribution in [-0.4, -0.2) is 24.0 Å². The Balaban J connectivity index is 2.16. The molecule has 134 valence electrons. The van der Waals surface area contributed by atoms with E-state index in [4.69, 9.17) is 5.73 Å². The van der Waals surface area contributed by atoms with Crippen molar-refractivity contribution in [2.75, 3.05) is 11.1 Å². The lowest BCUT2D eigenvalue weighted by Gasteiger charge is -2.13. The second-order valence-electron chi connectivity index (χ2n) is 5.83. The third-order valence-corrected chi connectivity index (χ3v) is 4.85. The molecule has 5 N–H and O–H groups in total. The Morgan fingerprint density at radius 2 is 1.85 bits per heavy atom. The molecule has 7 nitrogen and oxygen atoms in total. The molecule has 3 aromatic carbocycles. The average Bonchev–Trinajstić information content (AvgIpc) is 2.54. The zero-order valence-corrected chi connectivity index (χ0v) is 14.5. The number of rotatable bonds is 3. The first-order valence-corrected chi connectivity index (χ1v) is 9.02. The smallest absolute Gasteiger partial charge is 0.295 e. The predicted molar refractivity (Wildman–Crippen MR) is 99.0 cm³/mol. The second kappa shape index (κ2) is 6.32. The van der Waals surface area contributed by atoms with E-state index in [2.05, 4.69) is 5.32 Å². The minimum absolute atomic E-state index is 0.00836. The molecule has 0 radical (unpaired) electrons. The van der Waals surface area contributed by atoms with Crippen LogP contribution in [0.2, 0.25) is 0 Å². The van der Waals surface area contributed by atoms with E-state index < -0.39 is 20.9 Å². The summed E-state index contributed by atoms with van der Waals surface area (Å²) in [4.78, 5) is 12.2. The summed E-state index contributed by atoms with van der Waals surface area (Å²) in [5, 5.41) is 12.8. The van der Waals surface area contributed by atoms with E-state index in [0.29, 0.717) is 0 Å². The van der Waals surface area contributed by atoms with E-state index >= 15 is 0 Å². The van der Waals surface area contributed by atoms with E-state index in [-0.39, 0.29) is 33.5 Å². The molecule has 8 heteroatoms. The lowest BCUT2D eigenvalue weighted by molar-refractivity contribution is 0.102. The Hall–Kier alpha value is -3.10. The van der Waals surface area contributed by atoms with E-state index in [1.165, 1.54) is 12.1 Å². The van der Waals surface area contributed by atoms with E-state index in [9.17, 15) is 22.9 Å². The van der Waals surface area contributed by atoms with Crippen LogP contribution in [0.1, 0.15) is 15.9 Å². The molecule has 0 heterocycles. The topological polar surface area (TPSA) is 130 Å². The van der Waals surface area contributed by atoms with Gasteiger partial charge in [-0.05, 0) is 42.8 Å². The number of amides is 1. The number of fused-ring (bicyclic) bond motifs is 1. The minimum Gasteiger partial charge on any atom is -0.507 e. The molecule has 0 atom stereocenters. The number of benzene rings is 3. The number of aryl methyl sites for hydroxylation is 1. The first-order chi connectivity index (χ1) is 12.2. The first-order valence-electron chi connectivity index (χ1n) is 7.58. The molecular weight excluding hydrogens is 356 g/mol. The van der Waals surface area contributed by atoms with Crippen molar-refractivity contribution in [3.8, 4) is 5.75 Å². The maximum absolute atomic E-state index is 12.6. The van der Waals surface area contributed by atoms with Gasteiger partial charge in [-0.3, -0.25) is 9.35 Å². The van der Waals surface area contributed by atoms with Crippen LogP contribution in [0.15, 0.2) is 53.4 Å². The summed E-state index contributed by atoms with van der Waals surface area (Å²) in [6.07, 6.45) is 0. The summed E-state index contributed by atoms with van der Waals surface area (Å²) in [6, 6.07) is 11.7. The number of anilines is 2. The van der Waals surface area contributed by atoms with E-state index in [0.717, 1.165) is 17.7 Å². The summed E-state index contributed by atoms with van der Waals surface area (Å²) in [7, 11) is -4.57. The van der Waals surface area contributed by atoms with Crippen LogP contribution < -0.4 is 11.1 Å². The van der Waals surface area contributed by atoms with Crippen LogP contribution in [0.5, 0.6) is 5.75 Å². The molecule has 1 amide bonds. The fraction of sp³-hybridized carbons (Fsp3) is 0.0556. The number of nitrogens with two attached hydrogens (primary N) is 1. The zero-order valence-electron chi connectivity index (χ0n) is 13.7. The number of hydrogen-bond donors (Lipinski definition) is 4. The lowest BCUT2D eigenvalue weighted by atomic mass is 10.1. The van der Waals surface area contributed by atoms with Crippen LogP contribution in [-0.2, 0) is 10.1 Å². The van der Waals surface area contributed by atoms with Gasteiger partial charge in [-0.1, -0.05) is 18.2 Å². The van der Waals surface area contributed by atoms with Crippen molar-refractivity contribution in [1.82, 2.24) is 0 Å². The van der Waals surface area contributed by atoms with Gasteiger partial charge < -0.3 is 16.2 Å². The highest BCUT2D eigenvalue weighted by Crippen LogP contribution is 2.35. The van der Waals surface area contributed by atoms with E-state index in [1.54, 1.807) is 24.3 Å². The van der Waals surface area contributed by atoms with Gasteiger partial charge in [0.15, 0.2) is 0 Å². The van der Waals surface area contributed by atoms with Crippen molar-refractivity contribution in [1.29, 1.82) is 0 Å². The zero-order chi connectivity index (χ0) is 19.1. The third-order valence-electron chi connectivity index (χ3n) is 3.96. The molecule has 0 spiro atoms. The molecule has 0 aromatic heterocycles. The van der Waals surface area contributed by atoms with Crippen LogP contribution in [0, 0.1) is 6.92 Å². The summed E-state index contributed by atoms with van der Waals surface area (Å²) >= 11 is 0. The minimum atomic E-state index is -4.57. The Morgan fingerprint density at radius 3 is 2.50 bits per heavy atom. The average molecular weight is 372 g/mol. The molecule has 26 heavy (non-hydrogen) atoms. The maximum atomic E-state index is 12.6. The van der Waals surface area contributed by atoms with Gasteiger partial charge in [0, 0.05) is 16.5 Å². The predicted octanol–water partition coefficient (Wildman–Crippen LogP) is 2.94. The standard InChI is InChI=1S/C18H16N2O5S/c1-10-5-6-11(13(19)9-10)18(22)20-14-4-2-3-12-15(21)7-8-16(17(12)14)26(23,24)25/h2-9,21H,19H2,1H3,(H,20,22)(H,23,24,25). The number of phenolic OH excluding ortho intramolecular Hbond substituents is 1. The molecular formula is C18H16N2O5S. The summed E-state index contributed by atoms with van der Waals surface area (Å²) in [6.45, 7) is 1.84. The van der Waals surface area contributed by atoms with Crippen LogP contribution in [0.3, 0.4) is 0 Å². The van der Waals surface area contributed by atoms with Crippen molar-refractivity contribution < 1.29 is 22.9 Å². The van der Waals surface area contributed by atoms with Gasteiger partial charge in [0.25, 0.3) is 16.0 Å². The highest BCUT2D eigenvalue weighted by molar-refractivity contribution is 7.86. The molecule has 0 unspecified atom stereocenters. The number of phenols is 1. The molecule has 0 aliphatic carbocycles. The van der Waals surface area contributed by atoms with Gasteiger partial charge in [-0.15, -0.1) is 0 Å². The van der Waals surface area contributed by atoms with Gasteiger partial charge in [-0.25, -0.2) is 0 Å². The van der Waals surface area contributed by atoms with Crippen LogP contribution in [0.25, 0.3) is 10.8 Å². The molecule has 0 saturated carbocycles. The number of carbonyl (C=O) groups is 1. The lowest BCUT2D eigenvalue weighted by Crippen LogP contribution is -2.15. The third kappa shape index (κ3) is 3.19. The Kier molecular flexibility index (Phi) is 4.31. The molecule has 0 saturated heterocycles. The molecule has 0 aliphatic rings. The molecule has 3 aromatic rings. The molecule has 3 rings (SSSR count). The van der Waals surface area contributed by atoms with Gasteiger partial charge in [0.05, 0.1) is 11.3 Å². The number of aromatic hydroxyl groups is 1. The largest absolute Gasteiger partial charge is 0.507 e. The quantitative estimate of drug-likeness (QED) is 0.413. The summed E-state index contributed by atoms with van der Waals surface area (Å²) in [5.74, 6) is -0.724. The first kappa shape index (κ1) is 17.7. The van der Waals surface area contributed by atoms with Gasteiger partial charge in [0.1, 0.15) is 10.6 Å². The highest BCUT2D eigenvalue weighted by Gasteiger charge is 2.20. The van der Waals surface area contributed by atoms with Crippen molar-refractivity contribution in [2.45, 2.75) is 11.8 Å². The van der Waals surface area contributed by atoms with Gasteiger partial charge >= 0.3 is 0 Å². The number of nitrogen functional groups attached to an aromatic ring is 1. The van der Waals surface area contributed by atoms with Crippen molar-refractivity contribution in [3.05, 3.63) is 59.7 Å². The Morgan fingerprint density at radius 1 is 1.12 bits per heavy atom. The van der Waals surface area contributed by atoms with Crippen LogP contribution in [0.4, 0.5) is 11.4 Å². The highest BCUT2D eigenvalue weighted by atomic mass is 32.2. The molecule has 0 fully saturated rings. The fourth-order valence-electron chi connectivity index (χ4n) is 2.76. The number of hydrogen-bond acceptors (Lipinski definition) is 5. The van der Waals surface area contributed by atoms with Gasteiger partial charge in [-0.2, -0.15) is 8.42 Å². The summed E-state index contributed by atoms with van der Waals surface area (Å²) in [5.41, 5.74) is 7.39. The van der Waals surface area contributed by atoms with Crippen molar-refractivity contribution in [2.24, 2.45) is 0 Å². The van der Waals surface area contributed by atoms with Crippen molar-refractivity contribution >= 4 is 38.2 Å². The number of nitrogens with one attached hydrogen (secondary N) is 1. The normalized spacial score (nSPS) is 11.5. The Bertz CT molecular complexity index is 1140. The van der Waals surface area contributed by atoms with Crippen LogP contribution >= 0.6 is 0 Å².